The molecule has 0 fully saturated rings. The molecule has 0 aromatic rings. The molecule has 0 saturated heterocycles. The maximum atomic E-state index is 11.7. The second-order valence-electron chi connectivity index (χ2n) is 1.79. The van der Waals surface area contributed by atoms with Gasteiger partial charge in [0.1, 0.15) is 0 Å². The smallest absolute Gasteiger partial charge is 0.313 e. The molecule has 0 radical (unpaired) electrons. The van der Waals surface area contributed by atoms with Crippen LogP contribution in [0.4, 0.5) is 13.2 Å². The average Bonchev–Trinajstić information content (AvgIpc) is 1.85. The van der Waals surface area contributed by atoms with Crippen molar-refractivity contribution in [3.8, 4) is 0 Å². The molecule has 0 aliphatic rings. The Bertz CT molecular complexity index is 182. The van der Waals surface area contributed by atoms with Crippen LogP contribution in [0, 0.1) is 5.41 Å². The fourth-order valence-electron chi connectivity index (χ4n) is 0.429. The third kappa shape index (κ3) is 3.01. The summed E-state index contributed by atoms with van der Waals surface area (Å²) in [5.74, 6) is 0. The molecule has 64 valence electrons. The van der Waals surface area contributed by atoms with Crippen LogP contribution in [0.3, 0.4) is 0 Å². The van der Waals surface area contributed by atoms with Gasteiger partial charge in [0.15, 0.2) is 5.71 Å². The summed E-state index contributed by atoms with van der Waals surface area (Å²) in [6.45, 7) is 1.12. The quantitative estimate of drug-likeness (QED) is 0.470. The van der Waals surface area contributed by atoms with Crippen molar-refractivity contribution in [1.29, 1.82) is 5.41 Å². The van der Waals surface area contributed by atoms with E-state index in [4.69, 9.17) is 5.41 Å². The van der Waals surface area contributed by atoms with Crippen LogP contribution in [-0.2, 0) is 0 Å². The zero-order valence-electron chi connectivity index (χ0n) is 6.08. The first-order chi connectivity index (χ1) is 4.89. The normalized spacial score (nSPS) is 13.0. The van der Waals surface area contributed by atoms with Gasteiger partial charge in [0.2, 0.25) is 0 Å². The van der Waals surface area contributed by atoms with Crippen molar-refractivity contribution in [3.05, 3.63) is 0 Å². The van der Waals surface area contributed by atoms with Gasteiger partial charge in [-0.25, -0.2) is 0 Å². The van der Waals surface area contributed by atoms with Crippen LogP contribution in [0.15, 0.2) is 5.10 Å². The summed E-state index contributed by atoms with van der Waals surface area (Å²) in [4.78, 5) is 0. The highest BCUT2D eigenvalue weighted by molar-refractivity contribution is 6.42. The number of hydrogen-bond donors (Lipinski definition) is 2. The van der Waals surface area contributed by atoms with Gasteiger partial charge >= 0.3 is 6.18 Å². The molecule has 0 aliphatic carbocycles. The van der Waals surface area contributed by atoms with Gasteiger partial charge in [-0.05, 0) is 6.92 Å². The van der Waals surface area contributed by atoms with Crippen LogP contribution in [0.25, 0.3) is 0 Å². The highest BCUT2D eigenvalue weighted by Gasteiger charge is 2.36. The molecule has 0 atom stereocenters. The van der Waals surface area contributed by atoms with Gasteiger partial charge in [0.05, 0.1) is 5.71 Å². The van der Waals surface area contributed by atoms with E-state index in [9.17, 15) is 13.2 Å². The largest absolute Gasteiger partial charge is 0.434 e. The van der Waals surface area contributed by atoms with Crippen molar-refractivity contribution >= 4 is 11.4 Å². The van der Waals surface area contributed by atoms with Crippen molar-refractivity contribution in [2.45, 2.75) is 13.1 Å². The van der Waals surface area contributed by atoms with Gasteiger partial charge in [-0.2, -0.15) is 18.3 Å². The number of hydrazone groups is 1. The summed E-state index contributed by atoms with van der Waals surface area (Å²) in [7, 11) is 1.37. The third-order valence-electron chi connectivity index (χ3n) is 0.925. The molecular weight excluding hydrogens is 159 g/mol. The van der Waals surface area contributed by atoms with Crippen molar-refractivity contribution < 1.29 is 13.2 Å². The molecule has 0 aromatic heterocycles. The van der Waals surface area contributed by atoms with E-state index in [1.54, 1.807) is 0 Å². The minimum atomic E-state index is -4.61. The molecular formula is C5H8F3N3. The summed E-state index contributed by atoms with van der Waals surface area (Å²) in [5.41, 5.74) is 0.368. The Morgan fingerprint density at radius 2 is 1.91 bits per heavy atom. The SMILES string of the molecule is CN/N=C(/C)C(=N)C(F)(F)F. The molecule has 11 heavy (non-hydrogen) atoms. The molecule has 0 aromatic carbocycles. The fraction of sp³-hybridized carbons (Fsp3) is 0.600. The zero-order valence-corrected chi connectivity index (χ0v) is 6.08. The first-order valence-electron chi connectivity index (χ1n) is 2.76. The van der Waals surface area contributed by atoms with Gasteiger partial charge in [0, 0.05) is 7.05 Å². The lowest BCUT2D eigenvalue weighted by atomic mass is 10.2. The lowest BCUT2D eigenvalue weighted by Crippen LogP contribution is -2.29. The average molecular weight is 167 g/mol. The Hall–Kier alpha value is -1.07. The Balaban J connectivity index is 4.39. The molecule has 0 aliphatic heterocycles. The lowest BCUT2D eigenvalue weighted by Gasteiger charge is -2.06. The van der Waals surface area contributed by atoms with E-state index in [0.717, 1.165) is 6.92 Å². The summed E-state index contributed by atoms with van der Waals surface area (Å²) in [6, 6.07) is 0. The first-order valence-corrected chi connectivity index (χ1v) is 2.76. The van der Waals surface area contributed by atoms with E-state index < -0.39 is 11.9 Å². The van der Waals surface area contributed by atoms with Crippen molar-refractivity contribution in [1.82, 2.24) is 5.43 Å². The highest BCUT2D eigenvalue weighted by atomic mass is 19.4. The fourth-order valence-corrected chi connectivity index (χ4v) is 0.429. The number of nitrogens with zero attached hydrogens (tertiary/aromatic N) is 1. The number of alkyl halides is 3. The first kappa shape index (κ1) is 9.93. The number of rotatable bonds is 2. The molecule has 0 spiro atoms. The topological polar surface area (TPSA) is 48.2 Å². The van der Waals surface area contributed by atoms with Crippen molar-refractivity contribution in [3.63, 3.8) is 0 Å². The maximum absolute atomic E-state index is 11.7. The van der Waals surface area contributed by atoms with Gasteiger partial charge in [-0.3, -0.25) is 5.41 Å². The van der Waals surface area contributed by atoms with Crippen LogP contribution in [0.5, 0.6) is 0 Å². The minimum absolute atomic E-state index is 0.375. The van der Waals surface area contributed by atoms with E-state index in [1.165, 1.54) is 7.05 Å². The van der Waals surface area contributed by atoms with E-state index in [1.807, 2.05) is 0 Å². The molecule has 0 amide bonds. The predicted molar refractivity (Wildman–Crippen MR) is 36.0 cm³/mol. The van der Waals surface area contributed by atoms with Gasteiger partial charge < -0.3 is 5.43 Å². The standard InChI is InChI=1S/C5H8F3N3/c1-3(11-10-2)4(9)5(6,7)8/h9-10H,1-2H3/b9-4?,11-3-. The summed E-state index contributed by atoms with van der Waals surface area (Å²) in [6.07, 6.45) is -4.61. The third-order valence-corrected chi connectivity index (χ3v) is 0.925. The molecule has 0 saturated carbocycles. The van der Waals surface area contributed by atoms with E-state index in [-0.39, 0.29) is 5.71 Å². The van der Waals surface area contributed by atoms with Crippen LogP contribution in [0.1, 0.15) is 6.92 Å². The molecule has 0 heterocycles. The van der Waals surface area contributed by atoms with Gasteiger partial charge in [-0.1, -0.05) is 0 Å². The molecule has 3 nitrogen and oxygen atoms in total. The van der Waals surface area contributed by atoms with Gasteiger partial charge in [0.25, 0.3) is 0 Å². The van der Waals surface area contributed by atoms with E-state index in [2.05, 4.69) is 10.5 Å². The Labute approximate surface area is 61.8 Å². The van der Waals surface area contributed by atoms with Crippen molar-refractivity contribution in [2.24, 2.45) is 5.10 Å². The van der Waals surface area contributed by atoms with Crippen LogP contribution < -0.4 is 5.43 Å². The number of nitrogens with one attached hydrogen (secondary N) is 2. The number of hydrogen-bond acceptors (Lipinski definition) is 3. The summed E-state index contributed by atoms with van der Waals surface area (Å²) < 4.78 is 35.1. The van der Waals surface area contributed by atoms with Crippen LogP contribution >= 0.6 is 0 Å². The summed E-state index contributed by atoms with van der Waals surface area (Å²) >= 11 is 0. The lowest BCUT2D eigenvalue weighted by molar-refractivity contribution is -0.0573. The maximum Gasteiger partial charge on any atom is 0.434 e. The van der Waals surface area contributed by atoms with Crippen LogP contribution in [-0.4, -0.2) is 24.6 Å². The van der Waals surface area contributed by atoms with E-state index >= 15 is 0 Å². The number of halogens is 3. The van der Waals surface area contributed by atoms with Gasteiger partial charge in [-0.15, -0.1) is 0 Å². The minimum Gasteiger partial charge on any atom is -0.313 e. The summed E-state index contributed by atoms with van der Waals surface area (Å²) in [5, 5.41) is 9.77. The molecule has 0 unspecified atom stereocenters. The second kappa shape index (κ2) is 3.36. The zero-order chi connectivity index (χ0) is 9.07. The Morgan fingerprint density at radius 1 is 1.45 bits per heavy atom. The van der Waals surface area contributed by atoms with Crippen molar-refractivity contribution in [2.75, 3.05) is 7.05 Å². The van der Waals surface area contributed by atoms with E-state index in [0.29, 0.717) is 0 Å². The Morgan fingerprint density at radius 3 is 2.18 bits per heavy atom. The predicted octanol–water partition coefficient (Wildman–Crippen LogP) is 1.16. The molecule has 0 rings (SSSR count). The second-order valence-corrected chi connectivity index (χ2v) is 1.79. The molecule has 2 N–H and O–H groups in total. The van der Waals surface area contributed by atoms with Crippen LogP contribution in [0.2, 0.25) is 0 Å². The Kier molecular flexibility index (Phi) is 3.03. The molecule has 6 heteroatoms. The molecule has 0 bridgehead atoms. The highest BCUT2D eigenvalue weighted by Crippen LogP contribution is 2.16. The monoisotopic (exact) mass is 167 g/mol.